The van der Waals surface area contributed by atoms with E-state index in [0.717, 1.165) is 5.56 Å². The van der Waals surface area contributed by atoms with Gasteiger partial charge in [-0.05, 0) is 52.2 Å². The predicted octanol–water partition coefficient (Wildman–Crippen LogP) is 2.51. The monoisotopic (exact) mass is 348 g/mol. The Morgan fingerprint density at radius 1 is 1.19 bits per heavy atom. The first-order valence-corrected chi connectivity index (χ1v) is 7.08. The van der Waals surface area contributed by atoms with Gasteiger partial charge >= 0.3 is 5.97 Å². The summed E-state index contributed by atoms with van der Waals surface area (Å²) in [5.41, 5.74) is 1.55. The van der Waals surface area contributed by atoms with Crippen molar-refractivity contribution < 1.29 is 14.7 Å². The Morgan fingerprint density at radius 3 is 2.52 bits per heavy atom. The normalized spacial score (nSPS) is 10.1. The van der Waals surface area contributed by atoms with Crippen LogP contribution in [0.3, 0.4) is 0 Å². The second kappa shape index (κ2) is 6.99. The first-order valence-electron chi connectivity index (χ1n) is 6.29. The number of pyridine rings is 1. The van der Waals surface area contributed by atoms with Crippen molar-refractivity contribution in [3.63, 3.8) is 0 Å². The summed E-state index contributed by atoms with van der Waals surface area (Å²) < 4.78 is 0.647. The van der Waals surface area contributed by atoms with Gasteiger partial charge in [-0.1, -0.05) is 12.1 Å². The molecule has 0 aliphatic carbocycles. The van der Waals surface area contributed by atoms with E-state index in [-0.39, 0.29) is 11.5 Å². The molecule has 0 unspecified atom stereocenters. The van der Waals surface area contributed by atoms with Gasteiger partial charge in [0.1, 0.15) is 5.69 Å². The van der Waals surface area contributed by atoms with Crippen molar-refractivity contribution in [3.05, 3.63) is 63.9 Å². The van der Waals surface area contributed by atoms with Crippen molar-refractivity contribution in [2.45, 2.75) is 6.42 Å². The Hall–Kier alpha value is -2.21. The van der Waals surface area contributed by atoms with Crippen molar-refractivity contribution >= 4 is 27.8 Å². The van der Waals surface area contributed by atoms with Crippen molar-refractivity contribution in [1.29, 1.82) is 0 Å². The van der Waals surface area contributed by atoms with E-state index < -0.39 is 5.97 Å². The number of nitrogens with zero attached hydrogens (tertiary/aromatic N) is 1. The fourth-order valence-electron chi connectivity index (χ4n) is 1.77. The largest absolute Gasteiger partial charge is 0.478 e. The molecule has 0 atom stereocenters. The molecule has 0 saturated heterocycles. The number of hydrogen-bond acceptors (Lipinski definition) is 3. The molecule has 2 rings (SSSR count). The van der Waals surface area contributed by atoms with Crippen molar-refractivity contribution in [1.82, 2.24) is 10.3 Å². The molecule has 0 spiro atoms. The summed E-state index contributed by atoms with van der Waals surface area (Å²) in [5.74, 6) is -1.19. The average molecular weight is 349 g/mol. The fraction of sp³-hybridized carbons (Fsp3) is 0.133. The smallest absolute Gasteiger partial charge is 0.335 e. The van der Waals surface area contributed by atoms with Gasteiger partial charge < -0.3 is 10.4 Å². The maximum atomic E-state index is 11.9. The molecule has 5 nitrogen and oxygen atoms in total. The lowest BCUT2D eigenvalue weighted by molar-refractivity contribution is 0.0696. The van der Waals surface area contributed by atoms with E-state index in [1.165, 1.54) is 0 Å². The third-order valence-corrected chi connectivity index (χ3v) is 3.51. The Morgan fingerprint density at radius 2 is 1.90 bits per heavy atom. The molecule has 108 valence electrons. The van der Waals surface area contributed by atoms with Crippen LogP contribution in [0.5, 0.6) is 0 Å². The topological polar surface area (TPSA) is 79.3 Å². The molecular weight excluding hydrogens is 336 g/mol. The van der Waals surface area contributed by atoms with Gasteiger partial charge in [-0.3, -0.25) is 4.79 Å². The fourth-order valence-corrected chi connectivity index (χ4v) is 2.21. The lowest BCUT2D eigenvalue weighted by Gasteiger charge is -2.06. The summed E-state index contributed by atoms with van der Waals surface area (Å²) in [5, 5.41) is 11.6. The van der Waals surface area contributed by atoms with Crippen LogP contribution >= 0.6 is 15.9 Å². The molecule has 21 heavy (non-hydrogen) atoms. The molecule has 1 amide bonds. The molecule has 0 saturated carbocycles. The summed E-state index contributed by atoms with van der Waals surface area (Å²) in [7, 11) is 0. The highest BCUT2D eigenvalue weighted by Crippen LogP contribution is 2.12. The maximum Gasteiger partial charge on any atom is 0.335 e. The van der Waals surface area contributed by atoms with Gasteiger partial charge in [0.2, 0.25) is 0 Å². The SMILES string of the molecule is O=C(O)c1ccc(CCNC(=O)c2ncccc2Br)cc1. The summed E-state index contributed by atoms with van der Waals surface area (Å²) in [6, 6.07) is 10.1. The minimum absolute atomic E-state index is 0.246. The Bertz CT molecular complexity index is 656. The second-order valence-electron chi connectivity index (χ2n) is 4.34. The number of aromatic carboxylic acids is 1. The van der Waals surface area contributed by atoms with Gasteiger partial charge in [0, 0.05) is 17.2 Å². The molecule has 0 aliphatic heterocycles. The van der Waals surface area contributed by atoms with E-state index in [1.54, 1.807) is 42.6 Å². The summed E-state index contributed by atoms with van der Waals surface area (Å²) in [6.07, 6.45) is 2.18. The predicted molar refractivity (Wildman–Crippen MR) is 81.4 cm³/mol. The maximum absolute atomic E-state index is 11.9. The highest BCUT2D eigenvalue weighted by Gasteiger charge is 2.10. The standard InChI is InChI=1S/C15H13BrN2O3/c16-12-2-1-8-17-13(12)14(19)18-9-7-10-3-5-11(6-4-10)15(20)21/h1-6,8H,7,9H2,(H,18,19)(H,20,21). The van der Waals surface area contributed by atoms with Gasteiger partial charge in [-0.2, -0.15) is 0 Å². The van der Waals surface area contributed by atoms with Crippen LogP contribution in [0.25, 0.3) is 0 Å². The number of halogens is 1. The van der Waals surface area contributed by atoms with Crippen molar-refractivity contribution in [2.24, 2.45) is 0 Å². The second-order valence-corrected chi connectivity index (χ2v) is 5.20. The highest BCUT2D eigenvalue weighted by molar-refractivity contribution is 9.10. The molecule has 2 N–H and O–H groups in total. The molecule has 2 aromatic rings. The first-order chi connectivity index (χ1) is 10.1. The lowest BCUT2D eigenvalue weighted by atomic mass is 10.1. The Labute approximate surface area is 130 Å². The number of benzene rings is 1. The lowest BCUT2D eigenvalue weighted by Crippen LogP contribution is -2.26. The Balaban J connectivity index is 1.88. The van der Waals surface area contributed by atoms with Crippen molar-refractivity contribution in [2.75, 3.05) is 6.54 Å². The number of hydrogen-bond donors (Lipinski definition) is 2. The molecule has 1 heterocycles. The summed E-state index contributed by atoms with van der Waals surface area (Å²) >= 11 is 3.28. The first kappa shape index (κ1) is 15.2. The Kier molecular flexibility index (Phi) is 5.05. The number of carbonyl (C=O) groups is 2. The molecule has 1 aromatic heterocycles. The number of carboxylic acids is 1. The van der Waals surface area contributed by atoms with E-state index >= 15 is 0 Å². The van der Waals surface area contributed by atoms with Crippen LogP contribution < -0.4 is 5.32 Å². The van der Waals surface area contributed by atoms with Crippen LogP contribution in [0.2, 0.25) is 0 Å². The van der Waals surface area contributed by atoms with E-state index in [0.29, 0.717) is 23.1 Å². The highest BCUT2D eigenvalue weighted by atomic mass is 79.9. The van der Waals surface area contributed by atoms with E-state index in [4.69, 9.17) is 5.11 Å². The molecular formula is C15H13BrN2O3. The zero-order valence-electron chi connectivity index (χ0n) is 11.0. The number of carbonyl (C=O) groups excluding carboxylic acids is 1. The number of nitrogens with one attached hydrogen (secondary N) is 1. The quantitative estimate of drug-likeness (QED) is 0.869. The number of aromatic nitrogens is 1. The van der Waals surface area contributed by atoms with E-state index in [2.05, 4.69) is 26.2 Å². The molecule has 0 radical (unpaired) electrons. The van der Waals surface area contributed by atoms with Crippen LogP contribution in [0, 0.1) is 0 Å². The van der Waals surface area contributed by atoms with Crippen molar-refractivity contribution in [3.8, 4) is 0 Å². The average Bonchev–Trinajstić information content (AvgIpc) is 2.48. The van der Waals surface area contributed by atoms with Gasteiger partial charge in [0.05, 0.1) is 5.56 Å². The molecule has 0 fully saturated rings. The number of rotatable bonds is 5. The molecule has 0 aliphatic rings. The molecule has 0 bridgehead atoms. The van der Waals surface area contributed by atoms with E-state index in [1.807, 2.05) is 0 Å². The van der Waals surface area contributed by atoms with Crippen LogP contribution in [0.1, 0.15) is 26.4 Å². The van der Waals surface area contributed by atoms with Gasteiger partial charge in [-0.25, -0.2) is 9.78 Å². The number of carboxylic acid groups (broad SMARTS) is 1. The van der Waals surface area contributed by atoms with Crippen LogP contribution in [-0.2, 0) is 6.42 Å². The number of amides is 1. The molecule has 1 aromatic carbocycles. The van der Waals surface area contributed by atoms with Gasteiger partial charge in [0.15, 0.2) is 0 Å². The van der Waals surface area contributed by atoms with Crippen LogP contribution in [-0.4, -0.2) is 28.5 Å². The summed E-state index contributed by atoms with van der Waals surface area (Å²) in [6.45, 7) is 0.453. The minimum atomic E-state index is -0.949. The minimum Gasteiger partial charge on any atom is -0.478 e. The van der Waals surface area contributed by atoms with Gasteiger partial charge in [-0.15, -0.1) is 0 Å². The van der Waals surface area contributed by atoms with Crippen LogP contribution in [0.4, 0.5) is 0 Å². The van der Waals surface area contributed by atoms with E-state index in [9.17, 15) is 9.59 Å². The molecule has 6 heteroatoms. The zero-order valence-corrected chi connectivity index (χ0v) is 12.6. The zero-order chi connectivity index (χ0) is 15.2. The van der Waals surface area contributed by atoms with Crippen LogP contribution in [0.15, 0.2) is 47.1 Å². The third-order valence-electron chi connectivity index (χ3n) is 2.87. The summed E-state index contributed by atoms with van der Waals surface area (Å²) in [4.78, 5) is 26.7. The van der Waals surface area contributed by atoms with Gasteiger partial charge in [0.25, 0.3) is 5.91 Å². The third kappa shape index (κ3) is 4.13.